The van der Waals surface area contributed by atoms with Crippen LogP contribution in [0.2, 0.25) is 0 Å². The number of hydrogen-bond acceptors (Lipinski definition) is 5. The van der Waals surface area contributed by atoms with Crippen LogP contribution in [0.3, 0.4) is 0 Å². The maximum Gasteiger partial charge on any atom is 0.258 e. The molecule has 31 heavy (non-hydrogen) atoms. The van der Waals surface area contributed by atoms with Gasteiger partial charge in [0.1, 0.15) is 0 Å². The molecule has 0 atom stereocenters. The number of halogens is 1. The average molecular weight is 493 g/mol. The van der Waals surface area contributed by atoms with Crippen LogP contribution in [0.15, 0.2) is 53.0 Å². The molecule has 0 fully saturated rings. The van der Waals surface area contributed by atoms with E-state index >= 15 is 0 Å². The molecule has 5 rings (SSSR count). The zero-order chi connectivity index (χ0) is 21.5. The number of carbonyl (C=O) groups is 1. The van der Waals surface area contributed by atoms with Gasteiger partial charge in [0.15, 0.2) is 5.13 Å². The van der Waals surface area contributed by atoms with Crippen molar-refractivity contribution < 1.29 is 4.79 Å². The largest absolute Gasteiger partial charge is 0.302 e. The Balaban J connectivity index is 1.54. The molecule has 0 saturated heterocycles. The van der Waals surface area contributed by atoms with E-state index in [0.717, 1.165) is 62.3 Å². The first-order chi connectivity index (χ1) is 15.0. The summed E-state index contributed by atoms with van der Waals surface area (Å²) in [5.74, 6) is -0.124. The van der Waals surface area contributed by atoms with E-state index in [4.69, 9.17) is 9.97 Å². The number of thiazole rings is 1. The second-order valence-electron chi connectivity index (χ2n) is 7.80. The Morgan fingerprint density at radius 3 is 2.71 bits per heavy atom. The lowest BCUT2D eigenvalue weighted by Gasteiger charge is -2.26. The molecule has 7 heteroatoms. The van der Waals surface area contributed by atoms with Gasteiger partial charge in [0.25, 0.3) is 5.91 Å². The predicted octanol–water partition coefficient (Wildman–Crippen LogP) is 5.67. The second kappa shape index (κ2) is 8.15. The van der Waals surface area contributed by atoms with Crippen LogP contribution in [-0.2, 0) is 13.0 Å². The second-order valence-corrected chi connectivity index (χ2v) is 9.92. The van der Waals surface area contributed by atoms with Crippen molar-refractivity contribution in [2.45, 2.75) is 19.9 Å². The fourth-order valence-electron chi connectivity index (χ4n) is 4.07. The molecule has 1 aliphatic heterocycles. The number of anilines is 1. The van der Waals surface area contributed by atoms with Crippen LogP contribution >= 0.6 is 27.3 Å². The number of benzene rings is 2. The molecule has 0 saturated carbocycles. The van der Waals surface area contributed by atoms with Gasteiger partial charge in [0.2, 0.25) is 0 Å². The number of aromatic nitrogens is 2. The van der Waals surface area contributed by atoms with Gasteiger partial charge in [-0.3, -0.25) is 15.1 Å². The fraction of sp³-hybridized carbons (Fsp3) is 0.208. The molecular formula is C24H21BrN4OS. The summed E-state index contributed by atoms with van der Waals surface area (Å²) in [6.07, 6.45) is 0.848. The van der Waals surface area contributed by atoms with Crippen molar-refractivity contribution in [3.05, 3.63) is 74.7 Å². The summed E-state index contributed by atoms with van der Waals surface area (Å²) in [6, 6.07) is 15.9. The maximum atomic E-state index is 13.5. The topological polar surface area (TPSA) is 58.1 Å². The van der Waals surface area contributed by atoms with Crippen molar-refractivity contribution in [2.75, 3.05) is 18.9 Å². The molecule has 0 aliphatic carbocycles. The van der Waals surface area contributed by atoms with Crippen molar-refractivity contribution in [3.63, 3.8) is 0 Å². The predicted molar refractivity (Wildman–Crippen MR) is 130 cm³/mol. The van der Waals surface area contributed by atoms with E-state index in [1.807, 2.05) is 55.5 Å². The van der Waals surface area contributed by atoms with E-state index in [0.29, 0.717) is 10.7 Å². The molecule has 0 radical (unpaired) electrons. The summed E-state index contributed by atoms with van der Waals surface area (Å²) in [5.41, 5.74) is 5.55. The van der Waals surface area contributed by atoms with Gasteiger partial charge in [-0.1, -0.05) is 46.3 Å². The molecule has 156 valence electrons. The van der Waals surface area contributed by atoms with Crippen LogP contribution in [0.25, 0.3) is 22.2 Å². The van der Waals surface area contributed by atoms with Crippen LogP contribution in [0.1, 0.15) is 26.5 Å². The van der Waals surface area contributed by atoms with Crippen LogP contribution in [-0.4, -0.2) is 34.4 Å². The van der Waals surface area contributed by atoms with E-state index in [2.05, 4.69) is 33.2 Å². The van der Waals surface area contributed by atoms with Crippen molar-refractivity contribution in [2.24, 2.45) is 0 Å². The highest BCUT2D eigenvalue weighted by atomic mass is 79.9. The average Bonchev–Trinajstić information content (AvgIpc) is 3.12. The third-order valence-corrected chi connectivity index (χ3v) is 7.01. The molecule has 3 heterocycles. The zero-order valence-corrected chi connectivity index (χ0v) is 19.7. The molecule has 1 aliphatic rings. The Hall–Kier alpha value is -2.61. The molecular weight excluding hydrogens is 472 g/mol. The summed E-state index contributed by atoms with van der Waals surface area (Å²) in [7, 11) is 2.08. The smallest absolute Gasteiger partial charge is 0.258 e. The lowest BCUT2D eigenvalue weighted by Crippen LogP contribution is -2.30. The quantitative estimate of drug-likeness (QED) is 0.400. The molecule has 0 spiro atoms. The number of nitrogens with zero attached hydrogens (tertiary/aromatic N) is 3. The monoisotopic (exact) mass is 492 g/mol. The molecule has 0 bridgehead atoms. The summed E-state index contributed by atoms with van der Waals surface area (Å²) in [6.45, 7) is 3.70. The molecule has 5 nitrogen and oxygen atoms in total. The van der Waals surface area contributed by atoms with Gasteiger partial charge < -0.3 is 4.90 Å². The first kappa shape index (κ1) is 20.3. The summed E-state index contributed by atoms with van der Waals surface area (Å²) in [4.78, 5) is 26.4. The van der Waals surface area contributed by atoms with E-state index in [-0.39, 0.29) is 5.91 Å². The van der Waals surface area contributed by atoms with E-state index in [1.54, 1.807) is 0 Å². The van der Waals surface area contributed by atoms with Crippen LogP contribution in [0.4, 0.5) is 5.13 Å². The van der Waals surface area contributed by atoms with Crippen LogP contribution in [0.5, 0.6) is 0 Å². The zero-order valence-electron chi connectivity index (χ0n) is 17.3. The Morgan fingerprint density at radius 2 is 1.90 bits per heavy atom. The fourth-order valence-corrected chi connectivity index (χ4v) is 5.16. The van der Waals surface area contributed by atoms with Gasteiger partial charge in [0, 0.05) is 51.1 Å². The Labute approximate surface area is 193 Å². The SMILES string of the molecule is Cc1sc(NC(=O)c2c3c(nc4ccccc24)CCN(C)C3)nc1-c1ccc(Br)cc1. The van der Waals surface area contributed by atoms with E-state index in [9.17, 15) is 4.79 Å². The minimum Gasteiger partial charge on any atom is -0.302 e. The Bertz CT molecular complexity index is 1300. The number of amides is 1. The van der Waals surface area contributed by atoms with Gasteiger partial charge in [-0.15, -0.1) is 11.3 Å². The lowest BCUT2D eigenvalue weighted by molar-refractivity contribution is 0.102. The highest BCUT2D eigenvalue weighted by Gasteiger charge is 2.25. The number of fused-ring (bicyclic) bond motifs is 2. The highest BCUT2D eigenvalue weighted by molar-refractivity contribution is 9.10. The van der Waals surface area contributed by atoms with Crippen molar-refractivity contribution >= 4 is 49.2 Å². The number of carbonyl (C=O) groups excluding carboxylic acids is 1. The number of para-hydroxylation sites is 1. The van der Waals surface area contributed by atoms with Gasteiger partial charge in [-0.05, 0) is 32.2 Å². The van der Waals surface area contributed by atoms with Crippen molar-refractivity contribution in [3.8, 4) is 11.3 Å². The number of likely N-dealkylation sites (N-methyl/N-ethyl adjacent to an activating group) is 1. The summed E-state index contributed by atoms with van der Waals surface area (Å²) < 4.78 is 1.02. The van der Waals surface area contributed by atoms with Gasteiger partial charge in [-0.25, -0.2) is 4.98 Å². The minimum atomic E-state index is -0.124. The molecule has 1 N–H and O–H groups in total. The Kier molecular flexibility index (Phi) is 5.33. The number of rotatable bonds is 3. The molecule has 2 aromatic heterocycles. The third kappa shape index (κ3) is 3.89. The maximum absolute atomic E-state index is 13.5. The van der Waals surface area contributed by atoms with Crippen molar-refractivity contribution in [1.82, 2.24) is 14.9 Å². The van der Waals surface area contributed by atoms with E-state index < -0.39 is 0 Å². The van der Waals surface area contributed by atoms with Gasteiger partial charge in [-0.2, -0.15) is 0 Å². The molecule has 2 aromatic carbocycles. The van der Waals surface area contributed by atoms with Gasteiger partial charge in [0.05, 0.1) is 16.8 Å². The lowest BCUT2D eigenvalue weighted by atomic mass is 9.95. The molecule has 0 unspecified atom stereocenters. The summed E-state index contributed by atoms with van der Waals surface area (Å²) in [5, 5.41) is 4.57. The number of pyridine rings is 1. The first-order valence-electron chi connectivity index (χ1n) is 10.1. The highest BCUT2D eigenvalue weighted by Crippen LogP contribution is 2.33. The number of hydrogen-bond donors (Lipinski definition) is 1. The normalized spacial score (nSPS) is 13.9. The standard InChI is InChI=1S/C24H21BrN4OS/c1-14-22(15-7-9-16(25)10-8-15)27-24(31-14)28-23(30)21-17-5-3-4-6-19(17)26-20-11-12-29(2)13-18(20)21/h3-10H,11-13H2,1-2H3,(H,27,28,30). The number of aryl methyl sites for hydroxylation is 1. The van der Waals surface area contributed by atoms with Crippen LogP contribution in [0, 0.1) is 6.92 Å². The minimum absolute atomic E-state index is 0.124. The van der Waals surface area contributed by atoms with Gasteiger partial charge >= 0.3 is 0 Å². The summed E-state index contributed by atoms with van der Waals surface area (Å²) >= 11 is 4.97. The van der Waals surface area contributed by atoms with Crippen LogP contribution < -0.4 is 5.32 Å². The third-order valence-electron chi connectivity index (χ3n) is 5.60. The molecule has 4 aromatic rings. The molecule has 1 amide bonds. The number of nitrogens with one attached hydrogen (secondary N) is 1. The first-order valence-corrected chi connectivity index (χ1v) is 11.7. The van der Waals surface area contributed by atoms with Crippen molar-refractivity contribution in [1.29, 1.82) is 0 Å². The van der Waals surface area contributed by atoms with E-state index in [1.165, 1.54) is 11.3 Å². The Morgan fingerprint density at radius 1 is 1.13 bits per heavy atom.